The van der Waals surface area contributed by atoms with E-state index in [4.69, 9.17) is 10.5 Å². The summed E-state index contributed by atoms with van der Waals surface area (Å²) in [4.78, 5) is 15.7. The predicted octanol–water partition coefficient (Wildman–Crippen LogP) is 0.444. The second-order valence-electron chi connectivity index (χ2n) is 4.34. The third kappa shape index (κ3) is 3.33. The van der Waals surface area contributed by atoms with E-state index >= 15 is 0 Å². The van der Waals surface area contributed by atoms with Crippen molar-refractivity contribution >= 4 is 5.91 Å². The molecule has 106 valence electrons. The maximum atomic E-state index is 11.4. The Bertz CT molecular complexity index is 577. The van der Waals surface area contributed by atoms with Crippen LogP contribution in [0.25, 0.3) is 11.4 Å². The molecule has 20 heavy (non-hydrogen) atoms. The second kappa shape index (κ2) is 6.16. The number of aromatic nitrogens is 3. The summed E-state index contributed by atoms with van der Waals surface area (Å²) in [5.74, 6) is 1.68. The van der Waals surface area contributed by atoms with Crippen molar-refractivity contribution in [1.82, 2.24) is 20.5 Å². The Balaban J connectivity index is 2.02. The number of nitrogens with zero attached hydrogens (tertiary/aromatic N) is 2. The maximum Gasteiger partial charge on any atom is 0.237 e. The summed E-state index contributed by atoms with van der Waals surface area (Å²) in [5, 5.41) is 9.55. The van der Waals surface area contributed by atoms with Crippen molar-refractivity contribution in [3.63, 3.8) is 0 Å². The third-order valence-corrected chi connectivity index (χ3v) is 2.72. The molecule has 0 saturated carbocycles. The fourth-order valence-corrected chi connectivity index (χ4v) is 1.58. The predicted molar refractivity (Wildman–Crippen MR) is 73.9 cm³/mol. The number of benzene rings is 1. The number of H-pyrrole nitrogens is 1. The average molecular weight is 275 g/mol. The molecule has 2 rings (SSSR count). The van der Waals surface area contributed by atoms with Gasteiger partial charge in [-0.2, -0.15) is 5.10 Å². The Labute approximate surface area is 116 Å². The topological polar surface area (TPSA) is 106 Å². The van der Waals surface area contributed by atoms with Crippen LogP contribution in [-0.2, 0) is 11.3 Å². The molecule has 4 N–H and O–H groups in total. The van der Waals surface area contributed by atoms with Crippen molar-refractivity contribution in [1.29, 1.82) is 0 Å². The number of rotatable bonds is 5. The van der Waals surface area contributed by atoms with Crippen molar-refractivity contribution < 1.29 is 9.53 Å². The lowest BCUT2D eigenvalue weighted by Crippen LogP contribution is -2.38. The summed E-state index contributed by atoms with van der Waals surface area (Å²) < 4.78 is 5.09. The normalized spacial score (nSPS) is 11.9. The molecule has 0 fully saturated rings. The van der Waals surface area contributed by atoms with E-state index in [-0.39, 0.29) is 12.5 Å². The molecule has 0 aliphatic rings. The summed E-state index contributed by atoms with van der Waals surface area (Å²) >= 11 is 0. The molecule has 0 radical (unpaired) electrons. The van der Waals surface area contributed by atoms with Crippen LogP contribution in [-0.4, -0.2) is 34.2 Å². The minimum atomic E-state index is -0.543. The molecule has 0 aliphatic carbocycles. The SMILES string of the molecule is COc1ccc(-c2n[nH]c(CNC(=O)[C@@H](C)N)n2)cc1. The van der Waals surface area contributed by atoms with Crippen LogP contribution in [0.15, 0.2) is 24.3 Å². The zero-order chi connectivity index (χ0) is 14.5. The monoisotopic (exact) mass is 275 g/mol. The fraction of sp³-hybridized carbons (Fsp3) is 0.308. The Morgan fingerprint density at radius 2 is 2.15 bits per heavy atom. The van der Waals surface area contributed by atoms with Crippen molar-refractivity contribution in [3.8, 4) is 17.1 Å². The number of methoxy groups -OCH3 is 1. The fourth-order valence-electron chi connectivity index (χ4n) is 1.58. The zero-order valence-corrected chi connectivity index (χ0v) is 11.4. The molecule has 7 nitrogen and oxygen atoms in total. The lowest BCUT2D eigenvalue weighted by atomic mass is 10.2. The molecular weight excluding hydrogens is 258 g/mol. The van der Waals surface area contributed by atoms with E-state index in [1.807, 2.05) is 24.3 Å². The van der Waals surface area contributed by atoms with Gasteiger partial charge in [0.05, 0.1) is 19.7 Å². The van der Waals surface area contributed by atoms with Gasteiger partial charge in [-0.15, -0.1) is 0 Å². The van der Waals surface area contributed by atoms with Gasteiger partial charge in [0.25, 0.3) is 0 Å². The minimum absolute atomic E-state index is 0.229. The van der Waals surface area contributed by atoms with Crippen molar-refractivity contribution in [3.05, 3.63) is 30.1 Å². The second-order valence-corrected chi connectivity index (χ2v) is 4.34. The first-order valence-corrected chi connectivity index (χ1v) is 6.19. The highest BCUT2D eigenvalue weighted by Crippen LogP contribution is 2.18. The van der Waals surface area contributed by atoms with Gasteiger partial charge in [0.1, 0.15) is 11.6 Å². The number of hydrogen-bond acceptors (Lipinski definition) is 5. The standard InChI is InChI=1S/C13H17N5O2/c1-8(14)13(19)15-7-11-16-12(18-17-11)9-3-5-10(20-2)6-4-9/h3-6,8H,7,14H2,1-2H3,(H,15,19)(H,16,17,18)/t8-/m1/s1. The van der Waals surface area contributed by atoms with E-state index in [1.54, 1.807) is 14.0 Å². The number of nitrogens with one attached hydrogen (secondary N) is 2. The highest BCUT2D eigenvalue weighted by Gasteiger charge is 2.09. The van der Waals surface area contributed by atoms with Gasteiger partial charge in [0.15, 0.2) is 5.82 Å². The number of amides is 1. The van der Waals surface area contributed by atoms with Gasteiger partial charge in [-0.25, -0.2) is 4.98 Å². The highest BCUT2D eigenvalue weighted by molar-refractivity contribution is 5.80. The average Bonchev–Trinajstić information content (AvgIpc) is 2.93. The van der Waals surface area contributed by atoms with Crippen LogP contribution in [0.4, 0.5) is 0 Å². The summed E-state index contributed by atoms with van der Waals surface area (Å²) in [7, 11) is 1.61. The van der Waals surface area contributed by atoms with Crippen LogP contribution >= 0.6 is 0 Å². The quantitative estimate of drug-likeness (QED) is 0.734. The molecule has 1 aromatic heterocycles. The Morgan fingerprint density at radius 3 is 2.75 bits per heavy atom. The van der Waals surface area contributed by atoms with Crippen LogP contribution in [0.3, 0.4) is 0 Å². The highest BCUT2D eigenvalue weighted by atomic mass is 16.5. The molecule has 0 saturated heterocycles. The molecule has 1 amide bonds. The first-order valence-electron chi connectivity index (χ1n) is 6.19. The third-order valence-electron chi connectivity index (χ3n) is 2.72. The van der Waals surface area contributed by atoms with Crippen LogP contribution in [0.2, 0.25) is 0 Å². The van der Waals surface area contributed by atoms with E-state index in [9.17, 15) is 4.79 Å². The van der Waals surface area contributed by atoms with Gasteiger partial charge in [-0.05, 0) is 31.2 Å². The molecular formula is C13H17N5O2. The van der Waals surface area contributed by atoms with E-state index in [1.165, 1.54) is 0 Å². The molecule has 0 aliphatic heterocycles. The Kier molecular flexibility index (Phi) is 4.31. The van der Waals surface area contributed by atoms with Crippen molar-refractivity contribution in [2.75, 3.05) is 7.11 Å². The van der Waals surface area contributed by atoms with Crippen LogP contribution in [0.1, 0.15) is 12.7 Å². The lowest BCUT2D eigenvalue weighted by molar-refractivity contribution is -0.122. The van der Waals surface area contributed by atoms with Crippen molar-refractivity contribution in [2.45, 2.75) is 19.5 Å². The van der Waals surface area contributed by atoms with Crippen LogP contribution < -0.4 is 15.8 Å². The molecule has 0 bridgehead atoms. The largest absolute Gasteiger partial charge is 0.497 e. The van der Waals surface area contributed by atoms with E-state index in [0.29, 0.717) is 11.6 Å². The number of nitrogens with two attached hydrogens (primary N) is 1. The Hall–Kier alpha value is -2.41. The summed E-state index contributed by atoms with van der Waals surface area (Å²) in [6.07, 6.45) is 0. The number of aromatic amines is 1. The van der Waals surface area contributed by atoms with E-state index in [0.717, 1.165) is 11.3 Å². The van der Waals surface area contributed by atoms with Crippen LogP contribution in [0.5, 0.6) is 5.75 Å². The number of carbonyl (C=O) groups excluding carboxylic acids is 1. The van der Waals surface area contributed by atoms with Gasteiger partial charge in [-0.1, -0.05) is 0 Å². The summed E-state index contributed by atoms with van der Waals surface area (Å²) in [6.45, 7) is 1.89. The number of ether oxygens (including phenoxy) is 1. The van der Waals surface area contributed by atoms with Crippen LogP contribution in [0, 0.1) is 0 Å². The first kappa shape index (κ1) is 14.0. The maximum absolute atomic E-state index is 11.4. The van der Waals surface area contributed by atoms with Gasteiger partial charge in [-0.3, -0.25) is 9.89 Å². The number of hydrogen-bond donors (Lipinski definition) is 3. The number of carbonyl (C=O) groups is 1. The summed E-state index contributed by atoms with van der Waals surface area (Å²) in [5.41, 5.74) is 6.32. The first-order chi connectivity index (χ1) is 9.60. The van der Waals surface area contributed by atoms with Gasteiger partial charge in [0.2, 0.25) is 5.91 Å². The molecule has 7 heteroatoms. The smallest absolute Gasteiger partial charge is 0.237 e. The van der Waals surface area contributed by atoms with E-state index in [2.05, 4.69) is 20.5 Å². The van der Waals surface area contributed by atoms with E-state index < -0.39 is 6.04 Å². The van der Waals surface area contributed by atoms with Gasteiger partial charge >= 0.3 is 0 Å². The zero-order valence-electron chi connectivity index (χ0n) is 11.4. The molecule has 0 unspecified atom stereocenters. The molecule has 1 atom stereocenters. The van der Waals surface area contributed by atoms with Gasteiger partial charge in [0, 0.05) is 5.56 Å². The van der Waals surface area contributed by atoms with Crippen molar-refractivity contribution in [2.24, 2.45) is 5.73 Å². The lowest BCUT2D eigenvalue weighted by Gasteiger charge is -2.04. The Morgan fingerprint density at radius 1 is 1.45 bits per heavy atom. The minimum Gasteiger partial charge on any atom is -0.497 e. The molecule has 2 aromatic rings. The molecule has 1 aromatic carbocycles. The summed E-state index contributed by atoms with van der Waals surface area (Å²) in [6, 6.07) is 6.87. The molecule has 0 spiro atoms. The van der Waals surface area contributed by atoms with Gasteiger partial charge < -0.3 is 15.8 Å². The molecule has 1 heterocycles.